The zero-order valence-corrected chi connectivity index (χ0v) is 13.4. The number of likely N-dealkylation sites (tertiary alicyclic amines) is 1. The molecule has 2 fully saturated rings. The Labute approximate surface area is 136 Å². The van der Waals surface area contributed by atoms with Crippen LogP contribution in [0.15, 0.2) is 23.7 Å². The van der Waals surface area contributed by atoms with Gasteiger partial charge < -0.3 is 9.80 Å². The molecule has 4 rings (SSSR count). The molecule has 4 nitrogen and oxygen atoms in total. The van der Waals surface area contributed by atoms with Gasteiger partial charge in [0.2, 0.25) is 5.91 Å². The van der Waals surface area contributed by atoms with Crippen LogP contribution in [-0.4, -0.2) is 47.9 Å². The molecule has 1 amide bonds. The highest BCUT2D eigenvalue weighted by Crippen LogP contribution is 2.34. The van der Waals surface area contributed by atoms with E-state index in [1.54, 1.807) is 22.4 Å². The minimum atomic E-state index is -2.61. The van der Waals surface area contributed by atoms with Crippen LogP contribution in [0.1, 0.15) is 12.8 Å². The fourth-order valence-corrected chi connectivity index (χ4v) is 4.03. The van der Waals surface area contributed by atoms with Gasteiger partial charge in [0.1, 0.15) is 5.82 Å². The van der Waals surface area contributed by atoms with E-state index in [0.717, 1.165) is 11.2 Å². The molecule has 7 heteroatoms. The van der Waals surface area contributed by atoms with Gasteiger partial charge in [0.25, 0.3) is 5.92 Å². The molecule has 0 saturated carbocycles. The number of piperidine rings is 1. The van der Waals surface area contributed by atoms with Crippen molar-refractivity contribution in [3.63, 3.8) is 0 Å². The lowest BCUT2D eigenvalue weighted by Crippen LogP contribution is -2.56. The molecule has 0 N–H and O–H groups in total. The topological polar surface area (TPSA) is 36.4 Å². The zero-order chi connectivity index (χ0) is 16.0. The molecule has 0 unspecified atom stereocenters. The van der Waals surface area contributed by atoms with Gasteiger partial charge in [-0.05, 0) is 17.5 Å². The van der Waals surface area contributed by atoms with Crippen LogP contribution in [0.3, 0.4) is 0 Å². The SMILES string of the molecule is O=C(C1CN(c2nccc3sccc23)C1)N1CCC(F)(F)CC1. The molecule has 2 saturated heterocycles. The van der Waals surface area contributed by atoms with Gasteiger partial charge in [0.15, 0.2) is 0 Å². The first-order valence-corrected chi connectivity index (χ1v) is 8.65. The van der Waals surface area contributed by atoms with Crippen molar-refractivity contribution in [2.75, 3.05) is 31.1 Å². The molecule has 0 atom stereocenters. The zero-order valence-electron chi connectivity index (χ0n) is 12.5. The van der Waals surface area contributed by atoms with E-state index in [9.17, 15) is 13.6 Å². The molecule has 2 aromatic rings. The van der Waals surface area contributed by atoms with Gasteiger partial charge in [-0.2, -0.15) is 0 Å². The van der Waals surface area contributed by atoms with Gasteiger partial charge in [0.05, 0.1) is 5.92 Å². The lowest BCUT2D eigenvalue weighted by Gasteiger charge is -2.43. The van der Waals surface area contributed by atoms with E-state index in [4.69, 9.17) is 0 Å². The molecular weight excluding hydrogens is 320 g/mol. The van der Waals surface area contributed by atoms with Gasteiger partial charge >= 0.3 is 0 Å². The first-order chi connectivity index (χ1) is 11.0. The van der Waals surface area contributed by atoms with E-state index in [0.29, 0.717) is 13.1 Å². The third-order valence-electron chi connectivity index (χ3n) is 4.70. The Balaban J connectivity index is 1.40. The number of carbonyl (C=O) groups is 1. The summed E-state index contributed by atoms with van der Waals surface area (Å²) < 4.78 is 27.6. The van der Waals surface area contributed by atoms with Crippen molar-refractivity contribution in [1.82, 2.24) is 9.88 Å². The van der Waals surface area contributed by atoms with Crippen LogP contribution in [0.2, 0.25) is 0 Å². The van der Waals surface area contributed by atoms with Crippen LogP contribution in [-0.2, 0) is 4.79 Å². The van der Waals surface area contributed by atoms with Crippen LogP contribution < -0.4 is 4.90 Å². The fourth-order valence-electron chi connectivity index (χ4n) is 3.25. The van der Waals surface area contributed by atoms with E-state index in [1.807, 2.05) is 17.5 Å². The van der Waals surface area contributed by atoms with Crippen molar-refractivity contribution in [2.24, 2.45) is 5.92 Å². The number of halogens is 2. The number of hydrogen-bond acceptors (Lipinski definition) is 4. The first-order valence-electron chi connectivity index (χ1n) is 7.77. The smallest absolute Gasteiger partial charge is 0.251 e. The second-order valence-corrected chi connectivity index (χ2v) is 7.20. The van der Waals surface area contributed by atoms with Crippen LogP contribution in [0.5, 0.6) is 0 Å². The van der Waals surface area contributed by atoms with E-state index in [-0.39, 0.29) is 37.8 Å². The van der Waals surface area contributed by atoms with E-state index >= 15 is 0 Å². The maximum atomic E-state index is 13.2. The van der Waals surface area contributed by atoms with Gasteiger partial charge in [-0.1, -0.05) is 0 Å². The number of carbonyl (C=O) groups excluding carboxylic acids is 1. The summed E-state index contributed by atoms with van der Waals surface area (Å²) in [6.07, 6.45) is 1.35. The number of hydrogen-bond donors (Lipinski definition) is 0. The summed E-state index contributed by atoms with van der Waals surface area (Å²) in [6.45, 7) is 1.57. The number of nitrogens with zero attached hydrogens (tertiary/aromatic N) is 3. The average Bonchev–Trinajstić information content (AvgIpc) is 2.94. The highest BCUT2D eigenvalue weighted by molar-refractivity contribution is 7.17. The minimum Gasteiger partial charge on any atom is -0.354 e. The lowest BCUT2D eigenvalue weighted by atomic mass is 9.96. The summed E-state index contributed by atoms with van der Waals surface area (Å²) in [7, 11) is 0. The number of fused-ring (bicyclic) bond motifs is 1. The summed E-state index contributed by atoms with van der Waals surface area (Å²) >= 11 is 1.67. The first kappa shape index (κ1) is 14.8. The quantitative estimate of drug-likeness (QED) is 0.845. The van der Waals surface area contributed by atoms with E-state index in [1.165, 1.54) is 4.70 Å². The molecule has 0 aromatic carbocycles. The van der Waals surface area contributed by atoms with E-state index < -0.39 is 5.92 Å². The third kappa shape index (κ3) is 2.67. The fraction of sp³-hybridized carbons (Fsp3) is 0.500. The number of anilines is 1. The van der Waals surface area contributed by atoms with Crippen LogP contribution >= 0.6 is 11.3 Å². The molecule has 2 aromatic heterocycles. The largest absolute Gasteiger partial charge is 0.354 e. The number of alkyl halides is 2. The highest BCUT2D eigenvalue weighted by atomic mass is 32.1. The molecule has 0 aliphatic carbocycles. The van der Waals surface area contributed by atoms with E-state index in [2.05, 4.69) is 9.88 Å². The van der Waals surface area contributed by atoms with Gasteiger partial charge in [-0.15, -0.1) is 11.3 Å². The Kier molecular flexibility index (Phi) is 3.48. The molecule has 0 radical (unpaired) electrons. The Morgan fingerprint density at radius 2 is 2.00 bits per heavy atom. The summed E-state index contributed by atoms with van der Waals surface area (Å²) in [4.78, 5) is 20.5. The molecule has 122 valence electrons. The van der Waals surface area contributed by atoms with Crippen molar-refractivity contribution >= 4 is 33.1 Å². The number of amides is 1. The number of pyridine rings is 1. The lowest BCUT2D eigenvalue weighted by molar-refractivity contribution is -0.142. The molecule has 2 aliphatic rings. The molecular formula is C16H17F2N3OS. The molecule has 0 spiro atoms. The minimum absolute atomic E-state index is 0.00856. The average molecular weight is 337 g/mol. The summed E-state index contributed by atoms with van der Waals surface area (Å²) in [6, 6.07) is 4.03. The second kappa shape index (κ2) is 5.40. The molecule has 4 heterocycles. The molecule has 0 bridgehead atoms. The normalized spacial score (nSPS) is 21.5. The van der Waals surface area contributed by atoms with Gasteiger partial charge in [0, 0.05) is 55.3 Å². The monoisotopic (exact) mass is 337 g/mol. The van der Waals surface area contributed by atoms with Gasteiger partial charge in [-0.3, -0.25) is 4.79 Å². The number of thiophene rings is 1. The third-order valence-corrected chi connectivity index (χ3v) is 5.58. The van der Waals surface area contributed by atoms with Crippen LogP contribution in [0.25, 0.3) is 10.1 Å². The molecule has 2 aliphatic heterocycles. The van der Waals surface area contributed by atoms with Crippen molar-refractivity contribution in [1.29, 1.82) is 0 Å². The standard InChI is InChI=1S/C16H17F2N3OS/c17-16(18)3-6-20(7-4-16)15(22)11-9-21(10-11)14-12-2-8-23-13(12)1-5-19-14/h1-2,5,8,11H,3-4,6-7,9-10H2. The Morgan fingerprint density at radius 3 is 2.74 bits per heavy atom. The Morgan fingerprint density at radius 1 is 1.26 bits per heavy atom. The maximum absolute atomic E-state index is 13.2. The van der Waals surface area contributed by atoms with Crippen LogP contribution in [0.4, 0.5) is 14.6 Å². The Bertz CT molecular complexity index is 732. The predicted octanol–water partition coefficient (Wildman–Crippen LogP) is 2.99. The number of rotatable bonds is 2. The Hall–Kier alpha value is -1.76. The highest BCUT2D eigenvalue weighted by Gasteiger charge is 2.41. The van der Waals surface area contributed by atoms with Crippen molar-refractivity contribution < 1.29 is 13.6 Å². The summed E-state index contributed by atoms with van der Waals surface area (Å²) in [5, 5.41) is 3.15. The number of aromatic nitrogens is 1. The van der Waals surface area contributed by atoms with Crippen molar-refractivity contribution in [2.45, 2.75) is 18.8 Å². The maximum Gasteiger partial charge on any atom is 0.251 e. The summed E-state index contributed by atoms with van der Waals surface area (Å²) in [5.74, 6) is -1.79. The second-order valence-electron chi connectivity index (χ2n) is 6.25. The van der Waals surface area contributed by atoms with Crippen LogP contribution in [0, 0.1) is 5.92 Å². The van der Waals surface area contributed by atoms with Gasteiger partial charge in [-0.25, -0.2) is 13.8 Å². The van der Waals surface area contributed by atoms with Crippen molar-refractivity contribution in [3.8, 4) is 0 Å². The predicted molar refractivity (Wildman–Crippen MR) is 86.1 cm³/mol. The summed E-state index contributed by atoms with van der Waals surface area (Å²) in [5.41, 5.74) is 0. The molecule has 23 heavy (non-hydrogen) atoms. The van der Waals surface area contributed by atoms with Crippen molar-refractivity contribution in [3.05, 3.63) is 23.7 Å².